The largest absolute Gasteiger partial charge is 0.500 e. The van der Waals surface area contributed by atoms with E-state index in [1.54, 1.807) is 0 Å². The molecule has 0 aromatic heterocycles. The lowest BCUT2D eigenvalue weighted by molar-refractivity contribution is 0.0706. The van der Waals surface area contributed by atoms with Gasteiger partial charge in [-0.1, -0.05) is 113 Å². The number of alkyl halides is 1. The van der Waals surface area contributed by atoms with Crippen LogP contribution in [0.15, 0.2) is 54.6 Å². The van der Waals surface area contributed by atoms with Gasteiger partial charge in [0.2, 0.25) is 0 Å². The minimum Gasteiger partial charge on any atom is -0.374 e. The molecule has 1 unspecified atom stereocenters. The molecule has 0 heterocycles. The lowest BCUT2D eigenvalue weighted by Gasteiger charge is -2.28. The molecule has 0 saturated carbocycles. The van der Waals surface area contributed by atoms with E-state index in [1.165, 1.54) is 67.5 Å². The summed E-state index contributed by atoms with van der Waals surface area (Å²) in [5, 5.41) is 4.81. The second-order valence-corrected chi connectivity index (χ2v) is 13.0. The Balaban J connectivity index is 0.000000215. The first-order valence-electron chi connectivity index (χ1n) is 15.3. The fourth-order valence-electron chi connectivity index (χ4n) is 5.50. The summed E-state index contributed by atoms with van der Waals surface area (Å²) in [7, 11) is -2.38. The third kappa shape index (κ3) is 8.97. The van der Waals surface area contributed by atoms with Gasteiger partial charge in [0.05, 0.1) is 0 Å². The number of fused-ring (bicyclic) bond motifs is 5. The zero-order valence-corrected chi connectivity index (χ0v) is 25.6. The van der Waals surface area contributed by atoms with E-state index in [0.717, 1.165) is 22.6 Å². The third-order valence-electron chi connectivity index (χ3n) is 7.40. The summed E-state index contributed by atoms with van der Waals surface area (Å²) in [5.41, 5.74) is 1.87. The maximum Gasteiger partial charge on any atom is 0.500 e. The smallest absolute Gasteiger partial charge is 0.374 e. The summed E-state index contributed by atoms with van der Waals surface area (Å²) in [4.78, 5) is 0. The first-order valence-corrected chi connectivity index (χ1v) is 17.2. The molecule has 0 fully saturated rings. The van der Waals surface area contributed by atoms with Crippen LogP contribution in [0.2, 0.25) is 6.04 Å². The van der Waals surface area contributed by atoms with Gasteiger partial charge in [0.1, 0.15) is 6.17 Å². The van der Waals surface area contributed by atoms with Crippen molar-refractivity contribution in [1.82, 2.24) is 0 Å². The molecular weight excluding hydrogens is 503 g/mol. The Morgan fingerprint density at radius 3 is 1.97 bits per heavy atom. The van der Waals surface area contributed by atoms with Crippen molar-refractivity contribution in [2.75, 3.05) is 19.8 Å². The molecule has 3 nitrogen and oxygen atoms in total. The second-order valence-electron chi connectivity index (χ2n) is 10.3. The van der Waals surface area contributed by atoms with Crippen LogP contribution in [0.1, 0.15) is 103 Å². The molecule has 0 amide bonds. The summed E-state index contributed by atoms with van der Waals surface area (Å²) in [6.45, 7) is 10.4. The summed E-state index contributed by atoms with van der Waals surface area (Å²) < 4.78 is 31.6. The molecule has 0 saturated heterocycles. The average molecular weight is 553 g/mol. The minimum absolute atomic E-state index is 0.492. The van der Waals surface area contributed by atoms with Crippen molar-refractivity contribution in [1.29, 1.82) is 0 Å². The second kappa shape index (κ2) is 16.9. The van der Waals surface area contributed by atoms with Gasteiger partial charge in [-0.2, -0.15) is 0 Å². The van der Waals surface area contributed by atoms with Crippen molar-refractivity contribution in [3.8, 4) is 0 Å². The lowest BCUT2D eigenvalue weighted by Crippen LogP contribution is -2.45. The fourth-order valence-corrected chi connectivity index (χ4v) is 8.18. The predicted octanol–water partition coefficient (Wildman–Crippen LogP) is 10.6. The van der Waals surface area contributed by atoms with Gasteiger partial charge < -0.3 is 13.3 Å². The van der Waals surface area contributed by atoms with E-state index in [2.05, 4.69) is 49.4 Å². The normalized spacial score (nSPS) is 14.8. The van der Waals surface area contributed by atoms with Gasteiger partial charge in [-0.25, -0.2) is 4.39 Å². The Morgan fingerprint density at radius 2 is 1.31 bits per heavy atom. The van der Waals surface area contributed by atoms with Crippen molar-refractivity contribution in [2.45, 2.75) is 97.7 Å². The van der Waals surface area contributed by atoms with Crippen molar-refractivity contribution in [3.63, 3.8) is 0 Å². The first-order chi connectivity index (χ1) is 19.1. The van der Waals surface area contributed by atoms with Crippen LogP contribution in [-0.4, -0.2) is 28.6 Å². The number of unbranched alkanes of at least 4 members (excludes halogenated alkanes) is 7. The molecule has 1 aliphatic rings. The van der Waals surface area contributed by atoms with Gasteiger partial charge in [-0.15, -0.1) is 0 Å². The Bertz CT molecular complexity index is 1140. The molecule has 0 bridgehead atoms. The van der Waals surface area contributed by atoms with Crippen LogP contribution in [0.3, 0.4) is 0 Å². The zero-order chi connectivity index (χ0) is 27.9. The number of benzene rings is 3. The van der Waals surface area contributed by atoms with Crippen LogP contribution < -0.4 is 0 Å². The minimum atomic E-state index is -2.38. The van der Waals surface area contributed by atoms with Crippen molar-refractivity contribution in [3.05, 3.63) is 65.7 Å². The number of allylic oxidation sites excluding steroid dienone is 1. The first kappa shape index (κ1) is 31.5. The maximum absolute atomic E-state index is 14.0. The van der Waals surface area contributed by atoms with Crippen LogP contribution >= 0.6 is 0 Å². The molecule has 1 atom stereocenters. The van der Waals surface area contributed by atoms with E-state index in [9.17, 15) is 4.39 Å². The van der Waals surface area contributed by atoms with E-state index in [-0.39, 0.29) is 0 Å². The quantitative estimate of drug-likeness (QED) is 0.107. The molecule has 0 aliphatic heterocycles. The molecule has 3 aromatic carbocycles. The van der Waals surface area contributed by atoms with Crippen LogP contribution in [0, 0.1) is 0 Å². The number of halogens is 1. The standard InChI is InChI=1S/C18H13F.C16H36O3Si/c19-18-7-3-6-14-16-9-8-12-4-1-2-5-13(12)15(16)10-11-17(14)18;1-5-9-10-11-12-13-14-15-16-20(17-6-2,18-7-3)19-8-4/h1-6,8-11,18H,7H2;5-16H2,1-4H3. The van der Waals surface area contributed by atoms with Gasteiger partial charge in [-0.3, -0.25) is 0 Å². The molecule has 0 spiro atoms. The van der Waals surface area contributed by atoms with Crippen LogP contribution in [0.25, 0.3) is 27.6 Å². The Hall–Kier alpha value is -2.05. The molecule has 5 heteroatoms. The van der Waals surface area contributed by atoms with Gasteiger partial charge in [0.15, 0.2) is 0 Å². The highest BCUT2D eigenvalue weighted by Gasteiger charge is 2.39. The van der Waals surface area contributed by atoms with E-state index in [1.807, 2.05) is 39.0 Å². The third-order valence-corrected chi connectivity index (χ3v) is 10.5. The lowest BCUT2D eigenvalue weighted by atomic mass is 9.89. The highest BCUT2D eigenvalue weighted by Crippen LogP contribution is 2.37. The van der Waals surface area contributed by atoms with Gasteiger partial charge in [0.25, 0.3) is 0 Å². The maximum atomic E-state index is 14.0. The van der Waals surface area contributed by atoms with Crippen LogP contribution in [0.5, 0.6) is 0 Å². The monoisotopic (exact) mass is 552 g/mol. The summed E-state index contributed by atoms with van der Waals surface area (Å²) >= 11 is 0. The van der Waals surface area contributed by atoms with E-state index in [4.69, 9.17) is 13.3 Å². The Morgan fingerprint density at radius 1 is 0.692 bits per heavy atom. The number of hydrogen-bond donors (Lipinski definition) is 0. The van der Waals surface area contributed by atoms with Crippen LogP contribution in [-0.2, 0) is 13.3 Å². The Kier molecular flexibility index (Phi) is 13.7. The topological polar surface area (TPSA) is 27.7 Å². The number of rotatable bonds is 15. The summed E-state index contributed by atoms with van der Waals surface area (Å²) in [6.07, 6.45) is 14.2. The summed E-state index contributed by atoms with van der Waals surface area (Å²) in [5.74, 6) is 0. The molecule has 1 aliphatic carbocycles. The highest BCUT2D eigenvalue weighted by atomic mass is 28.4. The zero-order valence-electron chi connectivity index (χ0n) is 24.6. The summed E-state index contributed by atoms with van der Waals surface area (Å²) in [6, 6.07) is 17.5. The molecular formula is C34H49FO3Si. The fraction of sp³-hybridized carbons (Fsp3) is 0.529. The van der Waals surface area contributed by atoms with E-state index < -0.39 is 15.0 Å². The van der Waals surface area contributed by atoms with E-state index in [0.29, 0.717) is 26.2 Å². The molecule has 0 radical (unpaired) electrons. The van der Waals surface area contributed by atoms with Gasteiger partial charge >= 0.3 is 8.80 Å². The SMILES string of the molecule is CCCCCCCCCC[Si](OCC)(OCC)OCC.FC1CC=Cc2c1ccc1c2ccc2ccccc21. The van der Waals surface area contributed by atoms with E-state index >= 15 is 0 Å². The molecule has 39 heavy (non-hydrogen) atoms. The van der Waals surface area contributed by atoms with Gasteiger partial charge in [0, 0.05) is 32.3 Å². The highest BCUT2D eigenvalue weighted by molar-refractivity contribution is 6.60. The van der Waals surface area contributed by atoms with Gasteiger partial charge in [-0.05, 0) is 59.9 Å². The predicted molar refractivity (Wildman–Crippen MR) is 167 cm³/mol. The molecule has 4 rings (SSSR count). The molecule has 0 N–H and O–H groups in total. The van der Waals surface area contributed by atoms with Crippen LogP contribution in [0.4, 0.5) is 4.39 Å². The van der Waals surface area contributed by atoms with Crippen molar-refractivity contribution < 1.29 is 17.7 Å². The van der Waals surface area contributed by atoms with Crippen molar-refractivity contribution >= 4 is 36.4 Å². The number of hydrogen-bond acceptors (Lipinski definition) is 3. The Labute approximate surface area is 237 Å². The molecule has 214 valence electrons. The average Bonchev–Trinajstić information content (AvgIpc) is 2.95. The molecule has 3 aromatic rings. The van der Waals surface area contributed by atoms with Crippen molar-refractivity contribution in [2.24, 2.45) is 0 Å².